The smallest absolute Gasteiger partial charge is 0.0544 e. The number of benzene rings is 1. The lowest BCUT2D eigenvalue weighted by molar-refractivity contribution is 0.281. The molecule has 0 spiro atoms. The highest BCUT2D eigenvalue weighted by molar-refractivity contribution is 5.60. The van der Waals surface area contributed by atoms with Gasteiger partial charge >= 0.3 is 0 Å². The fourth-order valence-electron chi connectivity index (χ4n) is 4.59. The second-order valence-electron chi connectivity index (χ2n) is 9.52. The molecular weight excluding hydrogens is 386 g/mol. The molecule has 0 bridgehead atoms. The Balaban J connectivity index is 0.00000106. The molecule has 3 rings (SSSR count). The van der Waals surface area contributed by atoms with E-state index in [1.54, 1.807) is 5.56 Å². The lowest BCUT2D eigenvalue weighted by Gasteiger charge is -2.44. The van der Waals surface area contributed by atoms with Gasteiger partial charge in [-0.05, 0) is 66.7 Å². The van der Waals surface area contributed by atoms with E-state index in [-0.39, 0.29) is 5.41 Å². The summed E-state index contributed by atoms with van der Waals surface area (Å²) >= 11 is 0. The van der Waals surface area contributed by atoms with Gasteiger partial charge in [0.2, 0.25) is 0 Å². The zero-order valence-electron chi connectivity index (χ0n) is 23.4. The van der Waals surface area contributed by atoms with Gasteiger partial charge in [0.15, 0.2) is 0 Å². The number of allylic oxidation sites excluding steroid dienone is 2. The van der Waals surface area contributed by atoms with Crippen molar-refractivity contribution in [2.45, 2.75) is 132 Å². The van der Waals surface area contributed by atoms with E-state index in [1.807, 2.05) is 27.7 Å². The molecule has 1 heterocycles. The molecule has 32 heavy (non-hydrogen) atoms. The number of unbranched alkanes of at least 4 members (excludes halogenated alkanes) is 1. The molecule has 2 aliphatic rings. The number of nitrogens with one attached hydrogen (secondary N) is 1. The van der Waals surface area contributed by atoms with Crippen LogP contribution in [0.25, 0.3) is 0 Å². The molecule has 1 N–H and O–H groups in total. The van der Waals surface area contributed by atoms with Crippen LogP contribution in [0.15, 0.2) is 42.0 Å². The minimum Gasteiger partial charge on any atom is -0.378 e. The third kappa shape index (κ3) is 8.45. The molecule has 2 unspecified atom stereocenters. The van der Waals surface area contributed by atoms with Gasteiger partial charge < -0.3 is 5.32 Å². The summed E-state index contributed by atoms with van der Waals surface area (Å²) in [6, 6.07) is 7.60. The fraction of sp³-hybridized carbons (Fsp3) is 0.677. The Morgan fingerprint density at radius 2 is 1.56 bits per heavy atom. The fourth-order valence-corrected chi connectivity index (χ4v) is 4.59. The molecule has 1 aromatic carbocycles. The van der Waals surface area contributed by atoms with E-state index in [1.165, 1.54) is 55.3 Å². The Hall–Kier alpha value is -1.50. The predicted octanol–water partition coefficient (Wildman–Crippen LogP) is 10.4. The average Bonchev–Trinajstić information content (AvgIpc) is 2.84. The normalized spacial score (nSPS) is 22.0. The Kier molecular flexibility index (Phi) is 15.4. The molecule has 0 radical (unpaired) electrons. The molecule has 1 aliphatic carbocycles. The van der Waals surface area contributed by atoms with Crippen LogP contribution in [0.3, 0.4) is 0 Å². The Bertz CT molecular complexity index is 672. The number of fused-ring (bicyclic) bond motifs is 3. The van der Waals surface area contributed by atoms with Crippen LogP contribution in [0.5, 0.6) is 0 Å². The van der Waals surface area contributed by atoms with Crippen molar-refractivity contribution in [2.75, 3.05) is 5.32 Å². The average molecular weight is 442 g/mol. The summed E-state index contributed by atoms with van der Waals surface area (Å²) in [5.41, 5.74) is 6.06. The monoisotopic (exact) mass is 441 g/mol. The molecule has 3 atom stereocenters. The van der Waals surface area contributed by atoms with Gasteiger partial charge in [0.25, 0.3) is 0 Å². The van der Waals surface area contributed by atoms with E-state index in [9.17, 15) is 0 Å². The second kappa shape index (κ2) is 16.2. The summed E-state index contributed by atoms with van der Waals surface area (Å²) in [4.78, 5) is 0. The van der Waals surface area contributed by atoms with E-state index in [4.69, 9.17) is 0 Å². The van der Waals surface area contributed by atoms with Crippen molar-refractivity contribution in [1.82, 2.24) is 0 Å². The number of hydrogen-bond acceptors (Lipinski definition) is 1. The Morgan fingerprint density at radius 1 is 0.969 bits per heavy atom. The first-order chi connectivity index (χ1) is 15.4. The minimum atomic E-state index is 0.218. The summed E-state index contributed by atoms with van der Waals surface area (Å²) in [6.07, 6.45) is 14.8. The highest BCUT2D eigenvalue weighted by atomic mass is 15.0. The summed E-state index contributed by atoms with van der Waals surface area (Å²) < 4.78 is 0. The molecule has 1 nitrogen and oxygen atoms in total. The number of anilines is 1. The molecule has 0 saturated heterocycles. The SMILES string of the molecule is C/C=C\C(=C/C)[C@@H]1Nc2ccc(C(C)(C)C)cc2C2CCCCC21.CC.CC.CCCC. The maximum Gasteiger partial charge on any atom is 0.0544 e. The first kappa shape index (κ1) is 30.5. The van der Waals surface area contributed by atoms with Crippen LogP contribution in [0, 0.1) is 5.92 Å². The predicted molar refractivity (Wildman–Crippen MR) is 149 cm³/mol. The van der Waals surface area contributed by atoms with Gasteiger partial charge in [-0.25, -0.2) is 0 Å². The molecule has 184 valence electrons. The zero-order valence-corrected chi connectivity index (χ0v) is 23.4. The summed E-state index contributed by atoms with van der Waals surface area (Å²) in [7, 11) is 0. The van der Waals surface area contributed by atoms with Crippen molar-refractivity contribution in [3.05, 3.63) is 53.1 Å². The quantitative estimate of drug-likeness (QED) is 0.460. The zero-order chi connectivity index (χ0) is 24.7. The number of hydrogen-bond donors (Lipinski definition) is 1. The Morgan fingerprint density at radius 3 is 2.06 bits per heavy atom. The summed E-state index contributed by atoms with van der Waals surface area (Å²) in [5.74, 6) is 1.44. The van der Waals surface area contributed by atoms with Gasteiger partial charge in [0.1, 0.15) is 0 Å². The van der Waals surface area contributed by atoms with Gasteiger partial charge in [-0.15, -0.1) is 0 Å². The largest absolute Gasteiger partial charge is 0.378 e. The van der Waals surface area contributed by atoms with Crippen molar-refractivity contribution in [3.63, 3.8) is 0 Å². The van der Waals surface area contributed by atoms with E-state index < -0.39 is 0 Å². The van der Waals surface area contributed by atoms with Crippen molar-refractivity contribution < 1.29 is 0 Å². The van der Waals surface area contributed by atoms with Gasteiger partial charge in [0, 0.05) is 5.69 Å². The standard InChI is InChI=1S/C23H33N.C4H10.2C2H6/c1-6-10-16(7-2)22-19-12-9-8-11-18(19)20-15-17(23(3,4)5)13-14-21(20)24-22;1-3-4-2;2*1-2/h6-7,10,13-15,18-19,22,24H,8-9,11-12H2,1-5H3;3-4H2,1-2H3;2*1-2H3/b10-6-,16-7+;;;/t18?,19?,22-;;;/m0.../s1. The van der Waals surface area contributed by atoms with Gasteiger partial charge in [-0.2, -0.15) is 0 Å². The van der Waals surface area contributed by atoms with E-state index in [0.717, 1.165) is 5.92 Å². The third-order valence-corrected chi connectivity index (χ3v) is 6.43. The van der Waals surface area contributed by atoms with Crippen LogP contribution < -0.4 is 5.32 Å². The van der Waals surface area contributed by atoms with E-state index >= 15 is 0 Å². The van der Waals surface area contributed by atoms with Crippen molar-refractivity contribution in [3.8, 4) is 0 Å². The Labute approximate surface area is 202 Å². The molecular formula is C31H55N. The van der Waals surface area contributed by atoms with Crippen LogP contribution in [-0.2, 0) is 5.41 Å². The van der Waals surface area contributed by atoms with Crippen LogP contribution >= 0.6 is 0 Å². The van der Waals surface area contributed by atoms with Gasteiger partial charge in [-0.3, -0.25) is 0 Å². The molecule has 0 aromatic heterocycles. The van der Waals surface area contributed by atoms with Crippen LogP contribution in [0.1, 0.15) is 132 Å². The topological polar surface area (TPSA) is 12.0 Å². The third-order valence-electron chi connectivity index (χ3n) is 6.43. The molecule has 1 fully saturated rings. The number of rotatable bonds is 3. The summed E-state index contributed by atoms with van der Waals surface area (Å²) in [5, 5.41) is 3.89. The van der Waals surface area contributed by atoms with E-state index in [0.29, 0.717) is 12.0 Å². The maximum absolute atomic E-state index is 3.89. The summed E-state index contributed by atoms with van der Waals surface area (Å²) in [6.45, 7) is 23.6. The highest BCUT2D eigenvalue weighted by Crippen LogP contribution is 2.48. The van der Waals surface area contributed by atoms with Crippen molar-refractivity contribution >= 4 is 5.69 Å². The van der Waals surface area contributed by atoms with Crippen molar-refractivity contribution in [1.29, 1.82) is 0 Å². The molecule has 1 aromatic rings. The molecule has 1 aliphatic heterocycles. The molecule has 1 saturated carbocycles. The molecule has 1 heteroatoms. The second-order valence-corrected chi connectivity index (χ2v) is 9.52. The first-order valence-electron chi connectivity index (χ1n) is 13.6. The van der Waals surface area contributed by atoms with Crippen LogP contribution in [0.2, 0.25) is 0 Å². The van der Waals surface area contributed by atoms with Crippen LogP contribution in [-0.4, -0.2) is 6.04 Å². The van der Waals surface area contributed by atoms with Crippen molar-refractivity contribution in [2.24, 2.45) is 5.92 Å². The molecule has 0 amide bonds. The van der Waals surface area contributed by atoms with Crippen LogP contribution in [0.4, 0.5) is 5.69 Å². The maximum atomic E-state index is 3.89. The van der Waals surface area contributed by atoms with Gasteiger partial charge in [-0.1, -0.05) is 118 Å². The van der Waals surface area contributed by atoms with E-state index in [2.05, 4.69) is 90.2 Å². The highest BCUT2D eigenvalue weighted by Gasteiger charge is 2.39. The minimum absolute atomic E-state index is 0.218. The lowest BCUT2D eigenvalue weighted by Crippen LogP contribution is -2.40. The van der Waals surface area contributed by atoms with Gasteiger partial charge in [0.05, 0.1) is 6.04 Å². The first-order valence-corrected chi connectivity index (χ1v) is 13.6. The lowest BCUT2D eigenvalue weighted by atomic mass is 9.67.